The Morgan fingerprint density at radius 3 is 0.893 bits per heavy atom. The maximum Gasteiger partial charge on any atom is 3.00 e. The summed E-state index contributed by atoms with van der Waals surface area (Å²) in [4.78, 5) is 30.1. The van der Waals surface area contributed by atoms with E-state index in [2.05, 4.69) is 14.2 Å². The topological polar surface area (TPSA) is 148 Å². The Kier molecular flexibility index (Phi) is 12.7. The molecule has 3 aliphatic heterocycles. The van der Waals surface area contributed by atoms with Gasteiger partial charge < -0.3 is 43.9 Å². The number of ether oxygens (including phenoxy) is 3. The third-order valence-electron chi connectivity index (χ3n) is 2.80. The molecule has 0 aliphatic carbocycles. The number of hydrogen-bond donors (Lipinski definition) is 0. The Hall–Kier alpha value is -2.93. The number of carboxylic acid groups (broad SMARTS) is 3. The second kappa shape index (κ2) is 14.2. The molecular weight excluding hydrogens is 482 g/mol. The van der Waals surface area contributed by atoms with Crippen LogP contribution in [0.3, 0.4) is 0 Å². The quantitative estimate of drug-likeness (QED) is 0.378. The number of allylic oxidation sites excluding steroid dienone is 6. The molecule has 0 bridgehead atoms. The average molecular weight is 497 g/mol. The van der Waals surface area contributed by atoms with Gasteiger partial charge in [0.15, 0.2) is 18.3 Å². The molecule has 0 fully saturated rings. The third kappa shape index (κ3) is 10.3. The van der Waals surface area contributed by atoms with E-state index < -0.39 is 36.2 Å². The SMILES string of the molecule is O=C([O-])C1C=CC=CO1.O=C([O-])C1C=CC=CO1.O=C([O-])C1C=CC=CO1.[Sb+3]. The van der Waals surface area contributed by atoms with Crippen LogP contribution < -0.4 is 15.3 Å². The molecule has 0 N–H and O–H groups in total. The molecule has 0 saturated heterocycles. The van der Waals surface area contributed by atoms with Gasteiger partial charge in [0.1, 0.15) is 0 Å². The molecule has 0 saturated carbocycles. The van der Waals surface area contributed by atoms with Gasteiger partial charge in [-0.15, -0.1) is 0 Å². The molecule has 2 radical (unpaired) electrons. The van der Waals surface area contributed by atoms with Gasteiger partial charge in [-0.2, -0.15) is 0 Å². The number of carbonyl (C=O) groups is 3. The van der Waals surface area contributed by atoms with Crippen molar-refractivity contribution in [3.63, 3.8) is 0 Å². The zero-order valence-corrected chi connectivity index (χ0v) is 16.8. The van der Waals surface area contributed by atoms with Crippen molar-refractivity contribution in [3.8, 4) is 0 Å². The summed E-state index contributed by atoms with van der Waals surface area (Å²) in [6.45, 7) is 0. The van der Waals surface area contributed by atoms with Crippen LogP contribution >= 0.6 is 0 Å². The van der Waals surface area contributed by atoms with Crippen LogP contribution in [0.25, 0.3) is 0 Å². The van der Waals surface area contributed by atoms with Gasteiger partial charge in [0.2, 0.25) is 0 Å². The van der Waals surface area contributed by atoms with Crippen LogP contribution in [0.5, 0.6) is 0 Å². The first kappa shape index (κ1) is 25.1. The van der Waals surface area contributed by atoms with Crippen molar-refractivity contribution in [2.75, 3.05) is 0 Å². The molecular formula is C18H15O9Sb. The summed E-state index contributed by atoms with van der Waals surface area (Å²) in [7, 11) is 0. The van der Waals surface area contributed by atoms with Crippen LogP contribution in [0.4, 0.5) is 0 Å². The Bertz CT molecular complexity index is 609. The Labute approximate surface area is 178 Å². The third-order valence-corrected chi connectivity index (χ3v) is 2.80. The number of aliphatic carboxylic acids is 3. The van der Waals surface area contributed by atoms with Gasteiger partial charge >= 0.3 is 24.4 Å². The van der Waals surface area contributed by atoms with Crippen LogP contribution in [0.2, 0.25) is 0 Å². The van der Waals surface area contributed by atoms with Crippen molar-refractivity contribution in [1.82, 2.24) is 0 Å². The van der Waals surface area contributed by atoms with Gasteiger partial charge in [0.05, 0.1) is 36.7 Å². The van der Waals surface area contributed by atoms with Crippen LogP contribution in [0.15, 0.2) is 73.5 Å². The fourth-order valence-electron chi connectivity index (χ4n) is 1.56. The predicted molar refractivity (Wildman–Crippen MR) is 90.2 cm³/mol. The molecule has 9 nitrogen and oxygen atoms in total. The standard InChI is InChI=1S/3C6H6O3.Sb/c3*7-6(8)5-3-1-2-4-9-5;/h3*1-5H,(H,7,8);/q;;;+3/p-3. The molecule has 10 heteroatoms. The first-order valence-electron chi connectivity index (χ1n) is 7.50. The van der Waals surface area contributed by atoms with E-state index in [4.69, 9.17) is 0 Å². The first-order chi connectivity index (χ1) is 12.9. The summed E-state index contributed by atoms with van der Waals surface area (Å²) in [5, 5.41) is 30.1. The molecule has 3 heterocycles. The Morgan fingerprint density at radius 2 is 0.786 bits per heavy atom. The number of rotatable bonds is 3. The number of hydrogen-bond acceptors (Lipinski definition) is 9. The van der Waals surface area contributed by atoms with Crippen molar-refractivity contribution in [1.29, 1.82) is 0 Å². The predicted octanol–water partition coefficient (Wildman–Crippen LogP) is -2.77. The Morgan fingerprint density at radius 1 is 0.536 bits per heavy atom. The fourth-order valence-corrected chi connectivity index (χ4v) is 1.56. The molecule has 0 amide bonds. The van der Waals surface area contributed by atoms with Crippen LogP contribution in [-0.2, 0) is 28.6 Å². The smallest absolute Gasteiger partial charge is 0.546 e. The Balaban J connectivity index is 0.000000384. The average Bonchev–Trinajstić information content (AvgIpc) is 2.71. The summed E-state index contributed by atoms with van der Waals surface area (Å²) >= 11 is 0. The maximum absolute atomic E-state index is 10.0. The fraction of sp³-hybridized carbons (Fsp3) is 0.167. The summed E-state index contributed by atoms with van der Waals surface area (Å²) in [5.41, 5.74) is 0. The monoisotopic (exact) mass is 496 g/mol. The van der Waals surface area contributed by atoms with E-state index in [1.807, 2.05) is 0 Å². The molecule has 3 aliphatic rings. The first-order valence-corrected chi connectivity index (χ1v) is 7.50. The summed E-state index contributed by atoms with van der Waals surface area (Å²) < 4.78 is 13.8. The minimum atomic E-state index is -1.21. The van der Waals surface area contributed by atoms with Gasteiger partial charge in [0, 0.05) is 0 Å². The van der Waals surface area contributed by atoms with E-state index in [1.54, 1.807) is 36.5 Å². The molecule has 3 atom stereocenters. The molecule has 0 spiro atoms. The normalized spacial score (nSPS) is 22.5. The second-order valence-electron chi connectivity index (χ2n) is 4.77. The molecule has 0 aromatic heterocycles. The van der Waals surface area contributed by atoms with E-state index in [0.717, 1.165) is 0 Å². The van der Waals surface area contributed by atoms with E-state index in [0.29, 0.717) is 0 Å². The largest absolute Gasteiger partial charge is 3.00 e. The van der Waals surface area contributed by atoms with Gasteiger partial charge in [-0.1, -0.05) is 18.2 Å². The summed E-state index contributed by atoms with van der Waals surface area (Å²) in [6.07, 6.45) is 15.1. The van der Waals surface area contributed by atoms with Crippen LogP contribution in [0.1, 0.15) is 0 Å². The minimum Gasteiger partial charge on any atom is -0.546 e. The van der Waals surface area contributed by atoms with E-state index >= 15 is 0 Å². The van der Waals surface area contributed by atoms with Gasteiger partial charge in [-0.25, -0.2) is 0 Å². The second-order valence-corrected chi connectivity index (χ2v) is 4.77. The summed E-state index contributed by atoms with van der Waals surface area (Å²) in [6, 6.07) is 0. The van der Waals surface area contributed by atoms with Gasteiger partial charge in [-0.05, 0) is 36.5 Å². The molecule has 146 valence electrons. The number of carbonyl (C=O) groups excluding carboxylic acids is 3. The van der Waals surface area contributed by atoms with Gasteiger partial charge in [0.25, 0.3) is 0 Å². The van der Waals surface area contributed by atoms with Crippen molar-refractivity contribution in [2.45, 2.75) is 18.3 Å². The van der Waals surface area contributed by atoms with Crippen molar-refractivity contribution >= 4 is 42.3 Å². The molecule has 0 aromatic carbocycles. The molecule has 3 unspecified atom stereocenters. The zero-order valence-electron chi connectivity index (χ0n) is 14.3. The van der Waals surface area contributed by atoms with E-state index in [1.165, 1.54) is 37.0 Å². The van der Waals surface area contributed by atoms with Crippen molar-refractivity contribution in [3.05, 3.63) is 73.5 Å². The van der Waals surface area contributed by atoms with Crippen molar-refractivity contribution in [2.24, 2.45) is 0 Å². The van der Waals surface area contributed by atoms with Crippen molar-refractivity contribution < 1.29 is 43.9 Å². The van der Waals surface area contributed by atoms with E-state index in [-0.39, 0.29) is 24.4 Å². The van der Waals surface area contributed by atoms with Gasteiger partial charge in [-0.3, -0.25) is 0 Å². The minimum absolute atomic E-state index is 0. The molecule has 3 rings (SSSR count). The summed E-state index contributed by atoms with van der Waals surface area (Å²) in [5.74, 6) is -3.64. The molecule has 28 heavy (non-hydrogen) atoms. The van der Waals surface area contributed by atoms with Crippen LogP contribution in [0, 0.1) is 0 Å². The van der Waals surface area contributed by atoms with Crippen LogP contribution in [-0.4, -0.2) is 60.6 Å². The number of carboxylic acids is 3. The van der Waals surface area contributed by atoms with E-state index in [9.17, 15) is 29.7 Å². The zero-order chi connectivity index (χ0) is 20.1. The maximum atomic E-state index is 10.0. The molecule has 0 aromatic rings.